The first-order valence-corrected chi connectivity index (χ1v) is 9.58. The molecule has 0 aliphatic heterocycles. The fraction of sp³-hybridized carbons (Fsp3) is 0.333. The number of aryl methyl sites for hydroxylation is 2. The van der Waals surface area contributed by atoms with Gasteiger partial charge in [0.1, 0.15) is 4.90 Å². The lowest BCUT2D eigenvalue weighted by Crippen LogP contribution is -2.12. The van der Waals surface area contributed by atoms with Gasteiger partial charge in [0.25, 0.3) is 0 Å². The van der Waals surface area contributed by atoms with E-state index in [1.807, 2.05) is 20.8 Å². The van der Waals surface area contributed by atoms with Gasteiger partial charge in [-0.15, -0.1) is 0 Å². The molecule has 2 aromatic heterocycles. The van der Waals surface area contributed by atoms with Gasteiger partial charge in [-0.3, -0.25) is 0 Å². The van der Waals surface area contributed by atoms with Crippen molar-refractivity contribution in [3.05, 3.63) is 47.7 Å². The van der Waals surface area contributed by atoms with Gasteiger partial charge in [0, 0.05) is 11.5 Å². The van der Waals surface area contributed by atoms with E-state index in [1.165, 1.54) is 12.1 Å². The zero-order valence-corrected chi connectivity index (χ0v) is 15.5. The van der Waals surface area contributed by atoms with Crippen molar-refractivity contribution < 1.29 is 12.6 Å². The smallest absolute Gasteiger partial charge is 0.340 e. The van der Waals surface area contributed by atoms with Crippen molar-refractivity contribution in [2.75, 3.05) is 0 Å². The number of hydrogen-bond donors (Lipinski definition) is 0. The van der Waals surface area contributed by atoms with Crippen LogP contribution in [-0.2, 0) is 10.1 Å². The normalized spacial score (nSPS) is 13.1. The summed E-state index contributed by atoms with van der Waals surface area (Å²) >= 11 is 0. The molecule has 0 radical (unpaired) electrons. The van der Waals surface area contributed by atoms with Crippen molar-refractivity contribution in [2.24, 2.45) is 0 Å². The highest BCUT2D eigenvalue weighted by Gasteiger charge is 2.19. The molecule has 7 heteroatoms. The van der Waals surface area contributed by atoms with Crippen LogP contribution in [0.4, 0.5) is 0 Å². The maximum Gasteiger partial charge on any atom is 0.340 e. The molecule has 132 valence electrons. The lowest BCUT2D eigenvalue weighted by atomic mass is 10.2. The van der Waals surface area contributed by atoms with Crippen molar-refractivity contribution in [1.29, 1.82) is 0 Å². The van der Waals surface area contributed by atoms with Gasteiger partial charge in [0.15, 0.2) is 5.65 Å². The van der Waals surface area contributed by atoms with Gasteiger partial charge in [-0.05, 0) is 44.9 Å². The monoisotopic (exact) mass is 359 g/mol. The standard InChI is InChI=1S/C18H21N3O3S/c1-5-14(4)21-18-16(11-19-21)13(3)10-17(20-18)24-25(22,23)15-8-6-12(2)7-9-15/h6-11,14H,5H2,1-4H3. The molecule has 3 aromatic rings. The van der Waals surface area contributed by atoms with Gasteiger partial charge in [-0.2, -0.15) is 18.5 Å². The van der Waals surface area contributed by atoms with Crippen LogP contribution >= 0.6 is 0 Å². The molecule has 0 saturated heterocycles. The van der Waals surface area contributed by atoms with E-state index in [0.717, 1.165) is 22.9 Å². The summed E-state index contributed by atoms with van der Waals surface area (Å²) in [6, 6.07) is 8.30. The van der Waals surface area contributed by atoms with E-state index in [4.69, 9.17) is 4.18 Å². The lowest BCUT2D eigenvalue weighted by Gasteiger charge is -2.12. The Morgan fingerprint density at radius 1 is 1.20 bits per heavy atom. The molecule has 1 unspecified atom stereocenters. The summed E-state index contributed by atoms with van der Waals surface area (Å²) in [4.78, 5) is 4.50. The molecule has 0 saturated carbocycles. The average molecular weight is 359 g/mol. The molecule has 0 aliphatic carbocycles. The van der Waals surface area contributed by atoms with E-state index in [1.54, 1.807) is 29.1 Å². The summed E-state index contributed by atoms with van der Waals surface area (Å²) in [5.41, 5.74) is 2.48. The van der Waals surface area contributed by atoms with Crippen LogP contribution in [-0.4, -0.2) is 23.2 Å². The first kappa shape index (κ1) is 17.4. The molecule has 6 nitrogen and oxygen atoms in total. The van der Waals surface area contributed by atoms with Gasteiger partial charge < -0.3 is 4.18 Å². The highest BCUT2D eigenvalue weighted by molar-refractivity contribution is 7.87. The maximum atomic E-state index is 12.5. The molecular weight excluding hydrogens is 338 g/mol. The van der Waals surface area contributed by atoms with Crippen molar-refractivity contribution in [2.45, 2.75) is 45.1 Å². The number of pyridine rings is 1. The maximum absolute atomic E-state index is 12.5. The molecule has 0 aliphatic rings. The van der Waals surface area contributed by atoms with Crippen molar-refractivity contribution in [3.63, 3.8) is 0 Å². The fourth-order valence-electron chi connectivity index (χ4n) is 2.55. The number of nitrogens with zero attached hydrogens (tertiary/aromatic N) is 3. The molecule has 3 rings (SSSR count). The summed E-state index contributed by atoms with van der Waals surface area (Å²) in [6.07, 6.45) is 2.65. The van der Waals surface area contributed by atoms with Crippen LogP contribution < -0.4 is 4.18 Å². The summed E-state index contributed by atoms with van der Waals surface area (Å²) in [5.74, 6) is 0.0515. The quantitative estimate of drug-likeness (QED) is 0.648. The van der Waals surface area contributed by atoms with Crippen molar-refractivity contribution in [3.8, 4) is 5.88 Å². The third kappa shape index (κ3) is 3.37. The van der Waals surface area contributed by atoms with Crippen LogP contribution in [0.15, 0.2) is 41.4 Å². The average Bonchev–Trinajstić information content (AvgIpc) is 2.98. The molecule has 2 heterocycles. The third-order valence-electron chi connectivity index (χ3n) is 4.26. The van der Waals surface area contributed by atoms with Crippen molar-refractivity contribution >= 4 is 21.2 Å². The lowest BCUT2D eigenvalue weighted by molar-refractivity contribution is 0.470. The molecule has 0 fully saturated rings. The van der Waals surface area contributed by atoms with Gasteiger partial charge in [0.2, 0.25) is 5.88 Å². The predicted octanol–water partition coefficient (Wildman–Crippen LogP) is 3.79. The summed E-state index contributed by atoms with van der Waals surface area (Å²) in [6.45, 7) is 7.89. The van der Waals surface area contributed by atoms with E-state index >= 15 is 0 Å². The van der Waals surface area contributed by atoms with Gasteiger partial charge in [-0.1, -0.05) is 24.6 Å². The largest absolute Gasteiger partial charge is 0.358 e. The third-order valence-corrected chi connectivity index (χ3v) is 5.50. The van der Waals surface area contributed by atoms with Crippen molar-refractivity contribution in [1.82, 2.24) is 14.8 Å². The van der Waals surface area contributed by atoms with E-state index < -0.39 is 10.1 Å². The Labute approximate surface area is 147 Å². The second-order valence-electron chi connectivity index (χ2n) is 6.21. The Kier molecular flexibility index (Phi) is 4.51. The predicted molar refractivity (Wildman–Crippen MR) is 96.3 cm³/mol. The minimum absolute atomic E-state index is 0.0515. The van der Waals surface area contributed by atoms with E-state index in [9.17, 15) is 8.42 Å². The van der Waals surface area contributed by atoms with Crippen LogP contribution in [0.5, 0.6) is 5.88 Å². The van der Waals surface area contributed by atoms with Gasteiger partial charge in [-0.25, -0.2) is 4.68 Å². The zero-order chi connectivity index (χ0) is 18.2. The Morgan fingerprint density at radius 3 is 2.52 bits per heavy atom. The Hall–Kier alpha value is -2.41. The van der Waals surface area contributed by atoms with Crippen LogP contribution in [0.1, 0.15) is 37.4 Å². The highest BCUT2D eigenvalue weighted by atomic mass is 32.2. The van der Waals surface area contributed by atoms with Crippen LogP contribution in [0, 0.1) is 13.8 Å². The fourth-order valence-corrected chi connectivity index (χ4v) is 3.42. The second kappa shape index (κ2) is 6.48. The SMILES string of the molecule is CCC(C)n1ncc2c(C)cc(OS(=O)(=O)c3ccc(C)cc3)nc21. The zero-order valence-electron chi connectivity index (χ0n) is 14.7. The Balaban J connectivity index is 2.02. The molecule has 25 heavy (non-hydrogen) atoms. The van der Waals surface area contributed by atoms with E-state index in [-0.39, 0.29) is 16.8 Å². The minimum atomic E-state index is -3.93. The van der Waals surface area contributed by atoms with E-state index in [0.29, 0.717) is 5.65 Å². The number of rotatable bonds is 5. The number of fused-ring (bicyclic) bond motifs is 1. The number of hydrogen-bond acceptors (Lipinski definition) is 5. The number of benzene rings is 1. The molecule has 1 aromatic carbocycles. The highest BCUT2D eigenvalue weighted by Crippen LogP contribution is 2.26. The first-order chi connectivity index (χ1) is 11.8. The van der Waals surface area contributed by atoms with E-state index in [2.05, 4.69) is 17.0 Å². The van der Waals surface area contributed by atoms with Gasteiger partial charge >= 0.3 is 10.1 Å². The minimum Gasteiger partial charge on any atom is -0.358 e. The van der Waals surface area contributed by atoms with Crippen LogP contribution in [0.3, 0.4) is 0 Å². The molecule has 0 bridgehead atoms. The second-order valence-corrected chi connectivity index (χ2v) is 7.76. The molecule has 1 atom stereocenters. The Bertz CT molecular complexity index is 1010. The molecule has 0 spiro atoms. The van der Waals surface area contributed by atoms with Crippen LogP contribution in [0.25, 0.3) is 11.0 Å². The molecule has 0 amide bonds. The Morgan fingerprint density at radius 2 is 1.88 bits per heavy atom. The first-order valence-electron chi connectivity index (χ1n) is 8.18. The van der Waals surface area contributed by atoms with Crippen LogP contribution in [0.2, 0.25) is 0 Å². The number of aromatic nitrogens is 3. The summed E-state index contributed by atoms with van der Waals surface area (Å²) in [5, 5.41) is 5.27. The van der Waals surface area contributed by atoms with Gasteiger partial charge in [0.05, 0.1) is 12.2 Å². The topological polar surface area (TPSA) is 74.1 Å². The molecular formula is C18H21N3O3S. The summed E-state index contributed by atoms with van der Waals surface area (Å²) < 4.78 is 32.1. The summed E-state index contributed by atoms with van der Waals surface area (Å²) in [7, 11) is -3.93. The molecule has 0 N–H and O–H groups in total.